The fourth-order valence-electron chi connectivity index (χ4n) is 5.61. The number of carbonyl (C=O) groups is 1. The third-order valence-electron chi connectivity index (χ3n) is 7.64. The number of methoxy groups -OCH3 is 1. The highest BCUT2D eigenvalue weighted by atomic mass is 32.2. The molecule has 1 atom stereocenters. The van der Waals surface area contributed by atoms with E-state index in [4.69, 9.17) is 14.5 Å². The maximum Gasteiger partial charge on any atom is 0.214 e. The Balaban J connectivity index is 1.35. The zero-order valence-electron chi connectivity index (χ0n) is 20.4. The third kappa shape index (κ3) is 4.65. The monoisotopic (exact) mass is 525 g/mol. The lowest BCUT2D eigenvalue weighted by molar-refractivity contribution is -0.179. The van der Waals surface area contributed by atoms with Crippen LogP contribution in [0.5, 0.6) is 5.88 Å². The molecule has 1 aliphatic carbocycles. The number of nitrogens with one attached hydrogen (secondary N) is 1. The van der Waals surface area contributed by atoms with Crippen LogP contribution in [0.25, 0.3) is 11.0 Å². The highest BCUT2D eigenvalue weighted by molar-refractivity contribution is 8.13. The van der Waals surface area contributed by atoms with Gasteiger partial charge in [0.25, 0.3) is 0 Å². The van der Waals surface area contributed by atoms with Crippen molar-refractivity contribution in [1.29, 1.82) is 0 Å². The molecule has 37 heavy (non-hydrogen) atoms. The molecule has 6 heterocycles. The molecular weight excluding hydrogens is 497 g/mol. The van der Waals surface area contributed by atoms with Gasteiger partial charge in [-0.05, 0) is 55.6 Å². The number of halogens is 1. The van der Waals surface area contributed by atoms with Crippen molar-refractivity contribution in [2.75, 3.05) is 25.6 Å². The number of rotatable bonds is 7. The SMILES string of the molecule is COc1ccc2ncc(F)c(CC(O)N(Cc3ccc4c(n3)SC(=O)CN4)C34CCC(CC3)OC4)c2n1. The van der Waals surface area contributed by atoms with Gasteiger partial charge in [0, 0.05) is 30.1 Å². The van der Waals surface area contributed by atoms with E-state index in [0.717, 1.165) is 48.8 Å². The van der Waals surface area contributed by atoms with Crippen molar-refractivity contribution in [2.24, 2.45) is 0 Å². The highest BCUT2D eigenvalue weighted by Gasteiger charge is 2.47. The molecule has 1 saturated carbocycles. The lowest BCUT2D eigenvalue weighted by Crippen LogP contribution is -2.62. The summed E-state index contributed by atoms with van der Waals surface area (Å²) in [5, 5.41) is 15.4. The normalized spacial score (nSPS) is 23.7. The van der Waals surface area contributed by atoms with Gasteiger partial charge >= 0.3 is 0 Å². The zero-order valence-corrected chi connectivity index (χ0v) is 21.3. The van der Waals surface area contributed by atoms with Crippen molar-refractivity contribution < 1.29 is 23.8 Å². The molecule has 4 aliphatic rings. The van der Waals surface area contributed by atoms with E-state index in [9.17, 15) is 9.90 Å². The fourth-order valence-corrected chi connectivity index (χ4v) is 6.39. The molecule has 3 aliphatic heterocycles. The number of ether oxygens (including phenoxy) is 2. The van der Waals surface area contributed by atoms with E-state index in [2.05, 4.69) is 15.3 Å². The summed E-state index contributed by atoms with van der Waals surface area (Å²) in [6.45, 7) is 1.11. The maximum absolute atomic E-state index is 15.1. The van der Waals surface area contributed by atoms with Crippen molar-refractivity contribution in [2.45, 2.75) is 61.5 Å². The number of hydrogen-bond acceptors (Lipinski definition) is 10. The number of fused-ring (bicyclic) bond motifs is 5. The van der Waals surface area contributed by atoms with Crippen LogP contribution in [0, 0.1) is 5.82 Å². The van der Waals surface area contributed by atoms with Gasteiger partial charge in [0.2, 0.25) is 11.0 Å². The molecule has 3 aromatic rings. The molecule has 3 aromatic heterocycles. The predicted molar refractivity (Wildman–Crippen MR) is 136 cm³/mol. The summed E-state index contributed by atoms with van der Waals surface area (Å²) in [6, 6.07) is 7.23. The molecular formula is C26H28FN5O4S. The number of nitrogens with zero attached hydrogens (tertiary/aromatic N) is 4. The Kier molecular flexibility index (Phi) is 6.47. The first kappa shape index (κ1) is 24.5. The molecule has 1 unspecified atom stereocenters. The van der Waals surface area contributed by atoms with Gasteiger partial charge in [0.05, 0.1) is 55.0 Å². The van der Waals surface area contributed by atoms with E-state index in [1.54, 1.807) is 12.1 Å². The van der Waals surface area contributed by atoms with E-state index in [0.29, 0.717) is 35.1 Å². The minimum absolute atomic E-state index is 0.00889. The first-order chi connectivity index (χ1) is 17.9. The number of aliphatic hydroxyl groups excluding tert-OH is 1. The summed E-state index contributed by atoms with van der Waals surface area (Å²) < 4.78 is 26.4. The molecule has 194 valence electrons. The van der Waals surface area contributed by atoms with Gasteiger partial charge in [-0.2, -0.15) is 0 Å². The Morgan fingerprint density at radius 2 is 2.14 bits per heavy atom. The first-order valence-electron chi connectivity index (χ1n) is 12.4. The van der Waals surface area contributed by atoms with Gasteiger partial charge in [-0.15, -0.1) is 0 Å². The van der Waals surface area contributed by atoms with Crippen molar-refractivity contribution in [1.82, 2.24) is 19.9 Å². The van der Waals surface area contributed by atoms with Crippen LogP contribution in [0.15, 0.2) is 35.5 Å². The van der Waals surface area contributed by atoms with Gasteiger partial charge in [-0.3, -0.25) is 14.7 Å². The van der Waals surface area contributed by atoms with Crippen molar-refractivity contribution in [3.05, 3.63) is 47.5 Å². The number of carbonyl (C=O) groups excluding carboxylic acids is 1. The van der Waals surface area contributed by atoms with Crippen LogP contribution in [0.1, 0.15) is 36.9 Å². The van der Waals surface area contributed by atoms with E-state index in [1.165, 1.54) is 13.3 Å². The number of aromatic nitrogens is 3. The Hall–Kier alpha value is -2.86. The molecule has 3 fully saturated rings. The molecule has 9 nitrogen and oxygen atoms in total. The average Bonchev–Trinajstić information content (AvgIpc) is 2.93. The van der Waals surface area contributed by atoms with Crippen LogP contribution < -0.4 is 10.1 Å². The second-order valence-corrected chi connectivity index (χ2v) is 10.9. The predicted octanol–water partition coefficient (Wildman–Crippen LogP) is 3.29. The van der Waals surface area contributed by atoms with Crippen molar-refractivity contribution in [3.8, 4) is 5.88 Å². The molecule has 7 rings (SSSR count). The first-order valence-corrected chi connectivity index (χ1v) is 13.2. The summed E-state index contributed by atoms with van der Waals surface area (Å²) in [5.74, 6) is -0.176. The van der Waals surface area contributed by atoms with Crippen LogP contribution in [0.2, 0.25) is 0 Å². The number of anilines is 1. The fraction of sp³-hybridized carbons (Fsp3) is 0.462. The van der Waals surface area contributed by atoms with Gasteiger partial charge in [-0.25, -0.2) is 14.4 Å². The number of aliphatic hydroxyl groups is 1. The molecule has 0 spiro atoms. The highest BCUT2D eigenvalue weighted by Crippen LogP contribution is 2.43. The summed E-state index contributed by atoms with van der Waals surface area (Å²) in [6.07, 6.45) is 3.99. The second-order valence-electron chi connectivity index (χ2n) is 9.84. The molecule has 2 bridgehead atoms. The summed E-state index contributed by atoms with van der Waals surface area (Å²) in [4.78, 5) is 27.3. The Morgan fingerprint density at radius 3 is 2.89 bits per heavy atom. The minimum Gasteiger partial charge on any atom is -0.481 e. The van der Waals surface area contributed by atoms with Gasteiger partial charge in [0.1, 0.15) is 17.1 Å². The van der Waals surface area contributed by atoms with Gasteiger partial charge in [-0.1, -0.05) is 0 Å². The summed E-state index contributed by atoms with van der Waals surface area (Å²) >= 11 is 1.12. The molecule has 0 aromatic carbocycles. The van der Waals surface area contributed by atoms with Crippen LogP contribution in [-0.4, -0.2) is 68.2 Å². The lowest BCUT2D eigenvalue weighted by atomic mass is 9.76. The third-order valence-corrected chi connectivity index (χ3v) is 8.52. The average molecular weight is 526 g/mol. The molecule has 0 radical (unpaired) electrons. The van der Waals surface area contributed by atoms with Crippen LogP contribution in [0.4, 0.5) is 10.1 Å². The van der Waals surface area contributed by atoms with Crippen LogP contribution in [0.3, 0.4) is 0 Å². The molecule has 2 N–H and O–H groups in total. The van der Waals surface area contributed by atoms with Gasteiger partial charge < -0.3 is 19.9 Å². The molecule has 2 saturated heterocycles. The Morgan fingerprint density at radius 1 is 1.30 bits per heavy atom. The van der Waals surface area contributed by atoms with E-state index < -0.39 is 17.6 Å². The molecule has 11 heteroatoms. The smallest absolute Gasteiger partial charge is 0.214 e. The topological polar surface area (TPSA) is 110 Å². The minimum atomic E-state index is -1.03. The summed E-state index contributed by atoms with van der Waals surface area (Å²) in [5.41, 5.74) is 2.34. The van der Waals surface area contributed by atoms with Crippen LogP contribution in [-0.2, 0) is 22.5 Å². The molecule has 0 amide bonds. The lowest BCUT2D eigenvalue weighted by Gasteiger charge is -2.53. The quantitative estimate of drug-likeness (QED) is 0.446. The van der Waals surface area contributed by atoms with Crippen molar-refractivity contribution in [3.63, 3.8) is 0 Å². The maximum atomic E-state index is 15.1. The van der Waals surface area contributed by atoms with Crippen molar-refractivity contribution >= 4 is 33.6 Å². The number of thioether (sulfide) groups is 1. The zero-order chi connectivity index (χ0) is 25.6. The second kappa shape index (κ2) is 9.79. The number of pyridine rings is 3. The Bertz CT molecular complexity index is 1340. The van der Waals surface area contributed by atoms with Crippen LogP contribution >= 0.6 is 11.8 Å². The Labute approximate surface area is 217 Å². The van der Waals surface area contributed by atoms with E-state index in [-0.39, 0.29) is 29.7 Å². The number of hydrogen-bond donors (Lipinski definition) is 2. The standard InChI is InChI=1S/C26H28FN5O4S/c1-35-21-5-4-19-24(31-21)17(18(27)11-28-19)10-22(33)32(26-8-6-16(7-9-26)36-14-26)13-15-2-3-20-25(30-15)37-23(34)12-29-20/h2-5,11,16,22,29,33H,6-10,12-14H2,1H3. The van der Waals surface area contributed by atoms with Gasteiger partial charge in [0.15, 0.2) is 0 Å². The van der Waals surface area contributed by atoms with E-state index >= 15 is 4.39 Å². The van der Waals surface area contributed by atoms with E-state index in [1.807, 2.05) is 17.0 Å². The summed E-state index contributed by atoms with van der Waals surface area (Å²) in [7, 11) is 1.50. The largest absolute Gasteiger partial charge is 0.481 e.